The predicted molar refractivity (Wildman–Crippen MR) is 108 cm³/mol. The first-order chi connectivity index (χ1) is 12.5. The Labute approximate surface area is 154 Å². The van der Waals surface area contributed by atoms with Gasteiger partial charge in [0.15, 0.2) is 0 Å². The molecule has 2 aromatic carbocycles. The van der Waals surface area contributed by atoms with E-state index in [2.05, 4.69) is 41.0 Å². The molecule has 5 heteroatoms. The summed E-state index contributed by atoms with van der Waals surface area (Å²) >= 11 is 0. The van der Waals surface area contributed by atoms with E-state index in [-0.39, 0.29) is 11.9 Å². The highest BCUT2D eigenvalue weighted by atomic mass is 16.3. The van der Waals surface area contributed by atoms with E-state index in [1.807, 2.05) is 43.3 Å². The molecule has 0 atom stereocenters. The standard InChI is InChI=1S/C21H24N4O/c1-4-14-9-11-15(12-10-14)25-13-18(26)19(20(25)22)21-23(2)16-7-5-6-8-17(16)24(21)3/h5-12,21-22,26H,4,13H2,1-3H3. The quantitative estimate of drug-likeness (QED) is 0.886. The van der Waals surface area contributed by atoms with Gasteiger partial charge in [0.05, 0.1) is 23.5 Å². The maximum atomic E-state index is 10.7. The van der Waals surface area contributed by atoms with Crippen molar-refractivity contribution >= 4 is 22.9 Å². The molecular weight excluding hydrogens is 324 g/mol. The van der Waals surface area contributed by atoms with Crippen LogP contribution < -0.4 is 14.7 Å². The number of fused-ring (bicyclic) bond motifs is 1. The summed E-state index contributed by atoms with van der Waals surface area (Å²) in [5, 5.41) is 19.4. The van der Waals surface area contributed by atoms with Crippen molar-refractivity contribution in [1.29, 1.82) is 5.41 Å². The third-order valence-corrected chi connectivity index (χ3v) is 5.43. The fourth-order valence-electron chi connectivity index (χ4n) is 3.97. The number of anilines is 3. The minimum absolute atomic E-state index is 0.181. The van der Waals surface area contributed by atoms with E-state index < -0.39 is 0 Å². The molecule has 2 aliphatic rings. The second-order valence-electron chi connectivity index (χ2n) is 6.90. The van der Waals surface area contributed by atoms with Crippen molar-refractivity contribution in [2.75, 3.05) is 35.3 Å². The van der Waals surface area contributed by atoms with Gasteiger partial charge in [0.1, 0.15) is 17.8 Å². The van der Waals surface area contributed by atoms with Crippen LogP contribution in [0, 0.1) is 5.41 Å². The van der Waals surface area contributed by atoms with Gasteiger partial charge in [-0.1, -0.05) is 31.2 Å². The summed E-state index contributed by atoms with van der Waals surface area (Å²) in [6.45, 7) is 2.47. The lowest BCUT2D eigenvalue weighted by molar-refractivity contribution is 0.400. The van der Waals surface area contributed by atoms with Crippen LogP contribution in [0.2, 0.25) is 0 Å². The smallest absolute Gasteiger partial charge is 0.136 e. The average Bonchev–Trinajstić information content (AvgIpc) is 3.09. The molecule has 0 unspecified atom stereocenters. The van der Waals surface area contributed by atoms with Crippen LogP contribution in [0.15, 0.2) is 59.9 Å². The predicted octanol–water partition coefficient (Wildman–Crippen LogP) is 3.77. The topological polar surface area (TPSA) is 53.8 Å². The summed E-state index contributed by atoms with van der Waals surface area (Å²) in [5.41, 5.74) is 5.10. The molecule has 0 saturated heterocycles. The van der Waals surface area contributed by atoms with Gasteiger partial charge < -0.3 is 19.8 Å². The molecule has 0 saturated carbocycles. The number of likely N-dealkylation sites (N-methyl/N-ethyl adjacent to an activating group) is 2. The molecule has 0 amide bonds. The fourth-order valence-corrected chi connectivity index (χ4v) is 3.97. The number of benzene rings is 2. The number of amidine groups is 1. The second kappa shape index (κ2) is 6.09. The highest BCUT2D eigenvalue weighted by molar-refractivity contribution is 6.12. The summed E-state index contributed by atoms with van der Waals surface area (Å²) in [6.07, 6.45) is 0.808. The number of hydrogen-bond donors (Lipinski definition) is 2. The SMILES string of the molecule is CCc1ccc(N2CC(O)=C(C3N(C)c4ccccc4N3C)C2=N)cc1. The van der Waals surface area contributed by atoms with Gasteiger partial charge >= 0.3 is 0 Å². The lowest BCUT2D eigenvalue weighted by Crippen LogP contribution is -2.44. The van der Waals surface area contributed by atoms with Crippen molar-refractivity contribution in [1.82, 2.24) is 0 Å². The fraction of sp³-hybridized carbons (Fsp3) is 0.286. The summed E-state index contributed by atoms with van der Waals surface area (Å²) in [5.74, 6) is 0.634. The van der Waals surface area contributed by atoms with Crippen LogP contribution in [-0.4, -0.2) is 37.7 Å². The van der Waals surface area contributed by atoms with Crippen LogP contribution in [-0.2, 0) is 6.42 Å². The Bertz CT molecular complexity index is 858. The van der Waals surface area contributed by atoms with Gasteiger partial charge in [-0.05, 0) is 36.2 Å². The van der Waals surface area contributed by atoms with Gasteiger partial charge in [0.25, 0.3) is 0 Å². The third-order valence-electron chi connectivity index (χ3n) is 5.43. The van der Waals surface area contributed by atoms with Crippen LogP contribution >= 0.6 is 0 Å². The lowest BCUT2D eigenvalue weighted by Gasteiger charge is -2.30. The first kappa shape index (κ1) is 16.5. The number of aryl methyl sites for hydroxylation is 1. The largest absolute Gasteiger partial charge is 0.510 e. The van der Waals surface area contributed by atoms with Crippen LogP contribution in [0.25, 0.3) is 0 Å². The van der Waals surface area contributed by atoms with Crippen LogP contribution in [0.1, 0.15) is 12.5 Å². The molecule has 0 bridgehead atoms. The summed E-state index contributed by atoms with van der Waals surface area (Å²) < 4.78 is 0. The molecule has 2 aromatic rings. The lowest BCUT2D eigenvalue weighted by atomic mass is 10.1. The van der Waals surface area contributed by atoms with Crippen LogP contribution in [0.5, 0.6) is 0 Å². The maximum Gasteiger partial charge on any atom is 0.136 e. The van der Waals surface area contributed by atoms with E-state index in [4.69, 9.17) is 5.41 Å². The second-order valence-corrected chi connectivity index (χ2v) is 6.90. The summed E-state index contributed by atoms with van der Waals surface area (Å²) in [6, 6.07) is 16.4. The van der Waals surface area contributed by atoms with Gasteiger partial charge in [0.2, 0.25) is 0 Å². The maximum absolute atomic E-state index is 10.7. The summed E-state index contributed by atoms with van der Waals surface area (Å²) in [4.78, 5) is 6.12. The van der Waals surface area contributed by atoms with Crippen molar-refractivity contribution < 1.29 is 5.11 Å². The Morgan fingerprint density at radius 2 is 1.58 bits per heavy atom. The van der Waals surface area contributed by atoms with E-state index in [1.165, 1.54) is 5.56 Å². The highest BCUT2D eigenvalue weighted by Crippen LogP contribution is 2.42. The first-order valence-electron chi connectivity index (χ1n) is 8.95. The van der Waals surface area contributed by atoms with Crippen molar-refractivity contribution in [3.05, 3.63) is 65.4 Å². The Morgan fingerprint density at radius 1 is 1.00 bits per heavy atom. The van der Waals surface area contributed by atoms with E-state index >= 15 is 0 Å². The Balaban J connectivity index is 1.65. The number of rotatable bonds is 3. The molecular formula is C21H24N4O. The van der Waals surface area contributed by atoms with Crippen molar-refractivity contribution in [2.45, 2.75) is 19.5 Å². The van der Waals surface area contributed by atoms with Gasteiger partial charge in [-0.2, -0.15) is 0 Å². The van der Waals surface area contributed by atoms with Gasteiger partial charge in [-0.15, -0.1) is 0 Å². The number of hydrogen-bond acceptors (Lipinski definition) is 4. The van der Waals surface area contributed by atoms with Crippen molar-refractivity contribution in [2.24, 2.45) is 0 Å². The zero-order chi connectivity index (χ0) is 18.4. The Morgan fingerprint density at radius 3 is 2.12 bits per heavy atom. The minimum atomic E-state index is -0.181. The molecule has 5 nitrogen and oxygen atoms in total. The van der Waals surface area contributed by atoms with Crippen molar-refractivity contribution in [3.8, 4) is 0 Å². The summed E-state index contributed by atoms with van der Waals surface area (Å²) in [7, 11) is 4.03. The van der Waals surface area contributed by atoms with E-state index in [1.54, 1.807) is 0 Å². The monoisotopic (exact) mass is 348 g/mol. The van der Waals surface area contributed by atoms with Crippen LogP contribution in [0.3, 0.4) is 0 Å². The van der Waals surface area contributed by atoms with Gasteiger partial charge in [0, 0.05) is 19.8 Å². The molecule has 26 heavy (non-hydrogen) atoms. The van der Waals surface area contributed by atoms with E-state index in [9.17, 15) is 5.11 Å². The van der Waals surface area contributed by atoms with E-state index in [0.29, 0.717) is 18.0 Å². The zero-order valence-electron chi connectivity index (χ0n) is 15.4. The molecule has 0 spiro atoms. The Hall–Kier alpha value is -2.95. The molecule has 0 fully saturated rings. The number of aliphatic hydroxyl groups excluding tert-OH is 1. The van der Waals surface area contributed by atoms with E-state index in [0.717, 1.165) is 23.5 Å². The molecule has 2 heterocycles. The minimum Gasteiger partial charge on any atom is -0.510 e. The molecule has 4 rings (SSSR count). The van der Waals surface area contributed by atoms with Crippen molar-refractivity contribution in [3.63, 3.8) is 0 Å². The van der Waals surface area contributed by atoms with Gasteiger partial charge in [-0.3, -0.25) is 5.41 Å². The number of nitrogens with zero attached hydrogens (tertiary/aromatic N) is 3. The molecule has 2 N–H and O–H groups in total. The Kier molecular flexibility index (Phi) is 3.87. The first-order valence-corrected chi connectivity index (χ1v) is 8.95. The molecule has 2 aliphatic heterocycles. The normalized spacial score (nSPS) is 17.5. The number of aliphatic hydroxyl groups is 1. The highest BCUT2D eigenvalue weighted by Gasteiger charge is 2.41. The molecule has 0 aromatic heterocycles. The molecule has 134 valence electrons. The van der Waals surface area contributed by atoms with Crippen LogP contribution in [0.4, 0.5) is 17.1 Å². The molecule has 0 radical (unpaired) electrons. The number of para-hydroxylation sites is 2. The number of nitrogens with one attached hydrogen (secondary N) is 1. The van der Waals surface area contributed by atoms with Gasteiger partial charge in [-0.25, -0.2) is 0 Å². The third kappa shape index (κ3) is 2.35. The average molecular weight is 348 g/mol. The zero-order valence-corrected chi connectivity index (χ0v) is 15.4. The molecule has 0 aliphatic carbocycles.